The third-order valence-corrected chi connectivity index (χ3v) is 4.42. The van der Waals surface area contributed by atoms with Crippen molar-refractivity contribution < 1.29 is 14.6 Å². The zero-order valence-electron chi connectivity index (χ0n) is 17.3. The molecule has 0 aromatic heterocycles. The number of phenols is 1. The first kappa shape index (κ1) is 22.1. The Morgan fingerprint density at radius 2 is 1.93 bits per heavy atom. The van der Waals surface area contributed by atoms with Crippen molar-refractivity contribution >= 4 is 11.9 Å². The molecule has 0 aliphatic rings. The van der Waals surface area contributed by atoms with Gasteiger partial charge < -0.3 is 25.8 Å². The van der Waals surface area contributed by atoms with Crippen LogP contribution in [0.25, 0.3) is 0 Å². The zero-order valence-corrected chi connectivity index (χ0v) is 17.3. The number of rotatable bonds is 9. The van der Waals surface area contributed by atoms with E-state index in [0.717, 1.165) is 30.1 Å². The van der Waals surface area contributed by atoms with E-state index in [1.54, 1.807) is 19.2 Å². The van der Waals surface area contributed by atoms with E-state index in [2.05, 4.69) is 20.9 Å². The molecule has 7 heteroatoms. The lowest BCUT2D eigenvalue weighted by Crippen LogP contribution is -2.38. The van der Waals surface area contributed by atoms with Crippen molar-refractivity contribution in [3.63, 3.8) is 0 Å². The van der Waals surface area contributed by atoms with Gasteiger partial charge in [-0.1, -0.05) is 24.3 Å². The summed E-state index contributed by atoms with van der Waals surface area (Å²) < 4.78 is 5.14. The Morgan fingerprint density at radius 3 is 2.66 bits per heavy atom. The molecule has 0 bridgehead atoms. The van der Waals surface area contributed by atoms with E-state index < -0.39 is 0 Å². The molecule has 7 nitrogen and oxygen atoms in total. The monoisotopic (exact) mass is 398 g/mol. The summed E-state index contributed by atoms with van der Waals surface area (Å²) in [5.74, 6) is 1.27. The molecule has 1 amide bonds. The number of amides is 1. The number of carbonyl (C=O) groups is 1. The predicted molar refractivity (Wildman–Crippen MR) is 116 cm³/mol. The molecule has 0 unspecified atom stereocenters. The number of aromatic hydroxyl groups is 1. The van der Waals surface area contributed by atoms with Gasteiger partial charge in [0.05, 0.1) is 7.11 Å². The molecule has 0 spiro atoms. The molecule has 4 N–H and O–H groups in total. The Kier molecular flexibility index (Phi) is 8.82. The highest BCUT2D eigenvalue weighted by Gasteiger charge is 2.07. The van der Waals surface area contributed by atoms with E-state index in [9.17, 15) is 9.90 Å². The molecule has 0 aliphatic heterocycles. The van der Waals surface area contributed by atoms with Crippen molar-refractivity contribution in [2.24, 2.45) is 4.99 Å². The molecule has 2 aromatic rings. The number of guanidine groups is 1. The number of ether oxygens (including phenoxy) is 1. The second-order valence-electron chi connectivity index (χ2n) is 6.43. The van der Waals surface area contributed by atoms with Crippen molar-refractivity contribution in [3.05, 3.63) is 59.2 Å². The molecule has 0 saturated heterocycles. The van der Waals surface area contributed by atoms with Crippen LogP contribution in [0.15, 0.2) is 47.5 Å². The van der Waals surface area contributed by atoms with Gasteiger partial charge in [-0.3, -0.25) is 9.79 Å². The lowest BCUT2D eigenvalue weighted by Gasteiger charge is -2.12. The summed E-state index contributed by atoms with van der Waals surface area (Å²) >= 11 is 0. The second-order valence-corrected chi connectivity index (χ2v) is 6.43. The normalized spacial score (nSPS) is 11.1. The standard InChI is InChI=1S/C22H30N4O3/c1-4-24-22(26-14-12-17-8-6-10-19(29-3)20(17)27)25-13-11-16-7-5-9-18(15-16)21(28)23-2/h5-10,15,27H,4,11-14H2,1-3H3,(H,23,28)(H2,24,25,26). The predicted octanol–water partition coefficient (Wildman–Crippen LogP) is 2.10. The van der Waals surface area contributed by atoms with Crippen LogP contribution in [-0.2, 0) is 12.8 Å². The number of phenolic OH excluding ortho intramolecular Hbond substituents is 1. The average Bonchev–Trinajstić information content (AvgIpc) is 2.74. The molecule has 0 radical (unpaired) electrons. The van der Waals surface area contributed by atoms with E-state index >= 15 is 0 Å². The van der Waals surface area contributed by atoms with Crippen LogP contribution < -0.4 is 20.7 Å². The maximum Gasteiger partial charge on any atom is 0.251 e. The molecular formula is C22H30N4O3. The molecule has 2 aromatic carbocycles. The van der Waals surface area contributed by atoms with Crippen molar-refractivity contribution in [3.8, 4) is 11.5 Å². The number of methoxy groups -OCH3 is 1. The van der Waals surface area contributed by atoms with E-state index in [4.69, 9.17) is 4.74 Å². The van der Waals surface area contributed by atoms with Crippen molar-refractivity contribution in [2.45, 2.75) is 19.8 Å². The third-order valence-electron chi connectivity index (χ3n) is 4.42. The van der Waals surface area contributed by atoms with E-state index in [1.807, 2.05) is 37.3 Å². The van der Waals surface area contributed by atoms with Gasteiger partial charge in [-0.2, -0.15) is 0 Å². The number of benzene rings is 2. The fraction of sp³-hybridized carbons (Fsp3) is 0.364. The van der Waals surface area contributed by atoms with Gasteiger partial charge in [0.15, 0.2) is 17.5 Å². The smallest absolute Gasteiger partial charge is 0.251 e. The Bertz CT molecular complexity index is 837. The quantitative estimate of drug-likeness (QED) is 0.383. The van der Waals surface area contributed by atoms with Crippen LogP contribution in [0.4, 0.5) is 0 Å². The summed E-state index contributed by atoms with van der Waals surface area (Å²) in [6.07, 6.45) is 1.37. The fourth-order valence-electron chi connectivity index (χ4n) is 2.90. The first-order valence-corrected chi connectivity index (χ1v) is 9.77. The first-order chi connectivity index (χ1) is 14.1. The Hall–Kier alpha value is -3.22. The molecule has 0 atom stereocenters. The second kappa shape index (κ2) is 11.6. The first-order valence-electron chi connectivity index (χ1n) is 9.77. The maximum absolute atomic E-state index is 11.8. The molecule has 29 heavy (non-hydrogen) atoms. The highest BCUT2D eigenvalue weighted by atomic mass is 16.5. The molecule has 0 aliphatic carbocycles. The minimum atomic E-state index is -0.0875. The number of hydrogen-bond acceptors (Lipinski definition) is 4. The zero-order chi connectivity index (χ0) is 21.1. The summed E-state index contributed by atoms with van der Waals surface area (Å²) in [6, 6.07) is 13.0. The Labute approximate surface area is 172 Å². The van der Waals surface area contributed by atoms with Gasteiger partial charge in [-0.15, -0.1) is 0 Å². The summed E-state index contributed by atoms with van der Waals surface area (Å²) in [7, 11) is 3.16. The number of aliphatic imine (C=N–C) groups is 1. The molecule has 156 valence electrons. The SMILES string of the molecule is CCNC(=NCCc1cccc(OC)c1O)NCCc1cccc(C(=O)NC)c1. The van der Waals surface area contributed by atoms with Crippen LogP contribution in [0.3, 0.4) is 0 Å². The van der Waals surface area contributed by atoms with Crippen molar-refractivity contribution in [1.29, 1.82) is 0 Å². The van der Waals surface area contributed by atoms with Crippen LogP contribution >= 0.6 is 0 Å². The van der Waals surface area contributed by atoms with Gasteiger partial charge >= 0.3 is 0 Å². The number of para-hydroxylation sites is 1. The van der Waals surface area contributed by atoms with Gasteiger partial charge in [-0.05, 0) is 49.1 Å². The minimum absolute atomic E-state index is 0.0875. The van der Waals surface area contributed by atoms with Gasteiger partial charge in [0.25, 0.3) is 5.91 Å². The summed E-state index contributed by atoms with van der Waals surface area (Å²) in [4.78, 5) is 16.3. The third kappa shape index (κ3) is 6.71. The van der Waals surface area contributed by atoms with E-state index in [0.29, 0.717) is 30.8 Å². The maximum atomic E-state index is 11.8. The number of carbonyl (C=O) groups excluding carboxylic acids is 1. The van der Waals surface area contributed by atoms with Gasteiger partial charge in [0, 0.05) is 32.2 Å². The van der Waals surface area contributed by atoms with Gasteiger partial charge in [-0.25, -0.2) is 0 Å². The highest BCUT2D eigenvalue weighted by Crippen LogP contribution is 2.29. The van der Waals surface area contributed by atoms with Gasteiger partial charge in [0.2, 0.25) is 0 Å². The summed E-state index contributed by atoms with van der Waals surface area (Å²) in [5, 5.41) is 19.3. The summed E-state index contributed by atoms with van der Waals surface area (Å²) in [5.41, 5.74) is 2.54. The molecule has 0 saturated carbocycles. The van der Waals surface area contributed by atoms with Crippen LogP contribution in [0, 0.1) is 0 Å². The lowest BCUT2D eigenvalue weighted by atomic mass is 10.1. The Morgan fingerprint density at radius 1 is 1.14 bits per heavy atom. The highest BCUT2D eigenvalue weighted by molar-refractivity contribution is 5.94. The van der Waals surface area contributed by atoms with E-state index in [-0.39, 0.29) is 11.7 Å². The number of nitrogens with zero attached hydrogens (tertiary/aromatic N) is 1. The van der Waals surface area contributed by atoms with Crippen LogP contribution in [0.5, 0.6) is 11.5 Å². The van der Waals surface area contributed by atoms with Crippen molar-refractivity contribution in [1.82, 2.24) is 16.0 Å². The van der Waals surface area contributed by atoms with Crippen molar-refractivity contribution in [2.75, 3.05) is 33.8 Å². The summed E-state index contributed by atoms with van der Waals surface area (Å²) in [6.45, 7) is 3.98. The Balaban J connectivity index is 1.90. The molecule has 0 fully saturated rings. The van der Waals surface area contributed by atoms with Gasteiger partial charge in [0.1, 0.15) is 0 Å². The number of hydrogen-bond donors (Lipinski definition) is 4. The topological polar surface area (TPSA) is 95.0 Å². The van der Waals surface area contributed by atoms with E-state index in [1.165, 1.54) is 7.11 Å². The minimum Gasteiger partial charge on any atom is -0.504 e. The molecule has 0 heterocycles. The molecule has 2 rings (SSSR count). The fourth-order valence-corrected chi connectivity index (χ4v) is 2.90. The van der Waals surface area contributed by atoms with Crippen LogP contribution in [0.2, 0.25) is 0 Å². The van der Waals surface area contributed by atoms with Crippen LogP contribution in [0.1, 0.15) is 28.4 Å². The average molecular weight is 399 g/mol. The van der Waals surface area contributed by atoms with Crippen LogP contribution in [-0.4, -0.2) is 50.8 Å². The number of nitrogens with one attached hydrogen (secondary N) is 3. The largest absolute Gasteiger partial charge is 0.504 e. The molecular weight excluding hydrogens is 368 g/mol. The lowest BCUT2D eigenvalue weighted by molar-refractivity contribution is 0.0963.